The van der Waals surface area contributed by atoms with Gasteiger partial charge in [0.1, 0.15) is 5.82 Å². The van der Waals surface area contributed by atoms with Crippen molar-refractivity contribution >= 4 is 34.5 Å². The zero-order valence-corrected chi connectivity index (χ0v) is 19.2. The number of nitrogens with zero attached hydrogens (tertiary/aromatic N) is 1. The summed E-state index contributed by atoms with van der Waals surface area (Å²) in [6.07, 6.45) is 4.26. The number of imidazole rings is 1. The molecule has 4 aromatic rings. The van der Waals surface area contributed by atoms with Gasteiger partial charge < -0.3 is 20.4 Å². The van der Waals surface area contributed by atoms with Crippen molar-refractivity contribution in [3.8, 4) is 0 Å². The lowest BCUT2D eigenvalue weighted by Gasteiger charge is -2.15. The van der Waals surface area contributed by atoms with Crippen molar-refractivity contribution in [3.05, 3.63) is 113 Å². The lowest BCUT2D eigenvalue weighted by molar-refractivity contribution is -0.110. The second kappa shape index (κ2) is 9.69. The topological polar surface area (TPSA) is 96.1 Å². The predicted molar refractivity (Wildman–Crippen MR) is 136 cm³/mol. The van der Waals surface area contributed by atoms with Gasteiger partial charge in [0.2, 0.25) is 0 Å². The number of anilines is 2. The summed E-state index contributed by atoms with van der Waals surface area (Å²) in [5.74, 6) is 0.249. The predicted octanol–water partition coefficient (Wildman–Crippen LogP) is 5.11. The van der Waals surface area contributed by atoms with E-state index in [-0.39, 0.29) is 12.5 Å². The Bertz CT molecular complexity index is 1390. The molecule has 3 N–H and O–H groups in total. The van der Waals surface area contributed by atoms with E-state index in [1.807, 2.05) is 60.8 Å². The Morgan fingerprint density at radius 1 is 1.00 bits per heavy atom. The quantitative estimate of drug-likeness (QED) is 0.261. The number of amides is 1. The third-order valence-electron chi connectivity index (χ3n) is 5.74. The van der Waals surface area contributed by atoms with Crippen LogP contribution in [0.3, 0.4) is 0 Å². The molecule has 1 amide bonds. The van der Waals surface area contributed by atoms with Gasteiger partial charge in [-0.25, -0.2) is 9.78 Å². The Balaban J connectivity index is 1.51. The van der Waals surface area contributed by atoms with Gasteiger partial charge in [-0.05, 0) is 42.3 Å². The van der Waals surface area contributed by atoms with Crippen LogP contribution in [0.2, 0.25) is 0 Å². The highest BCUT2D eigenvalue weighted by molar-refractivity contribution is 6.37. The fourth-order valence-electron chi connectivity index (χ4n) is 4.08. The molecule has 0 saturated carbocycles. The number of hydrogen-bond acceptors (Lipinski definition) is 5. The second-order valence-corrected chi connectivity index (χ2v) is 8.09. The molecular formula is C28H24N4O3. The minimum absolute atomic E-state index is 0.234. The summed E-state index contributed by atoms with van der Waals surface area (Å²) in [6.45, 7) is 2.05. The number of aromatic amines is 1. The van der Waals surface area contributed by atoms with Crippen molar-refractivity contribution in [1.82, 2.24) is 9.97 Å². The molecule has 0 radical (unpaired) electrons. The van der Waals surface area contributed by atoms with E-state index in [4.69, 9.17) is 4.74 Å². The molecule has 0 saturated heterocycles. The summed E-state index contributed by atoms with van der Waals surface area (Å²) in [6, 6.07) is 22.9. The van der Waals surface area contributed by atoms with E-state index in [9.17, 15) is 9.59 Å². The summed E-state index contributed by atoms with van der Waals surface area (Å²) < 4.78 is 5.10. The molecular weight excluding hydrogens is 440 g/mol. The van der Waals surface area contributed by atoms with E-state index in [0.29, 0.717) is 28.9 Å². The molecule has 0 spiro atoms. The normalized spacial score (nSPS) is 13.7. The van der Waals surface area contributed by atoms with Crippen molar-refractivity contribution < 1.29 is 14.3 Å². The molecule has 0 unspecified atom stereocenters. The van der Waals surface area contributed by atoms with Gasteiger partial charge in [-0.15, -0.1) is 0 Å². The van der Waals surface area contributed by atoms with Gasteiger partial charge in [0.15, 0.2) is 0 Å². The number of fused-ring (bicyclic) bond motifs is 1. The number of carbonyl (C=O) groups is 2. The highest BCUT2D eigenvalue weighted by atomic mass is 16.5. The van der Waals surface area contributed by atoms with E-state index in [1.54, 1.807) is 31.3 Å². The standard InChI is InChI=1S/C28H24N4O3/c1-2-35-28(34)20-10-13-22-23(17-20)32-27(33)25(22)26(19-6-4-3-5-7-19)31-21-11-8-18(9-12-21)16-24-29-14-15-30-24/h3-15,17,31H,2,16H2,1H3,(H,29,30)(H,32,33). The Kier molecular flexibility index (Phi) is 6.13. The molecule has 0 fully saturated rings. The first-order chi connectivity index (χ1) is 17.1. The highest BCUT2D eigenvalue weighted by Crippen LogP contribution is 2.38. The third kappa shape index (κ3) is 4.70. The maximum atomic E-state index is 13.1. The van der Waals surface area contributed by atoms with Gasteiger partial charge in [-0.2, -0.15) is 0 Å². The van der Waals surface area contributed by atoms with Crippen LogP contribution in [-0.4, -0.2) is 28.5 Å². The zero-order valence-electron chi connectivity index (χ0n) is 19.2. The third-order valence-corrected chi connectivity index (χ3v) is 5.74. The summed E-state index contributed by atoms with van der Waals surface area (Å²) in [4.78, 5) is 32.7. The molecule has 0 bridgehead atoms. The monoisotopic (exact) mass is 464 g/mol. The van der Waals surface area contributed by atoms with Gasteiger partial charge in [0.05, 0.1) is 29.1 Å². The molecule has 35 heavy (non-hydrogen) atoms. The minimum atomic E-state index is -0.418. The van der Waals surface area contributed by atoms with Crippen molar-refractivity contribution in [1.29, 1.82) is 0 Å². The van der Waals surface area contributed by atoms with Crippen LogP contribution in [0.1, 0.15) is 39.8 Å². The molecule has 1 aliphatic heterocycles. The summed E-state index contributed by atoms with van der Waals surface area (Å²) in [5.41, 5.74) is 5.75. The molecule has 2 heterocycles. The largest absolute Gasteiger partial charge is 0.462 e. The number of benzene rings is 3. The first kappa shape index (κ1) is 22.2. The number of esters is 1. The first-order valence-electron chi connectivity index (χ1n) is 11.4. The molecule has 0 aliphatic carbocycles. The summed E-state index contributed by atoms with van der Waals surface area (Å²) in [7, 11) is 0. The number of rotatable bonds is 7. The molecule has 0 atom stereocenters. The summed E-state index contributed by atoms with van der Waals surface area (Å²) in [5, 5.41) is 6.36. The van der Waals surface area contributed by atoms with Crippen LogP contribution in [0.4, 0.5) is 11.4 Å². The van der Waals surface area contributed by atoms with Crippen molar-refractivity contribution in [3.63, 3.8) is 0 Å². The van der Waals surface area contributed by atoms with Crippen LogP contribution in [-0.2, 0) is 16.0 Å². The van der Waals surface area contributed by atoms with Gasteiger partial charge in [-0.1, -0.05) is 48.5 Å². The van der Waals surface area contributed by atoms with Gasteiger partial charge in [0, 0.05) is 30.1 Å². The van der Waals surface area contributed by atoms with Crippen LogP contribution in [0.5, 0.6) is 0 Å². The first-order valence-corrected chi connectivity index (χ1v) is 11.4. The van der Waals surface area contributed by atoms with Crippen LogP contribution < -0.4 is 10.6 Å². The van der Waals surface area contributed by atoms with E-state index in [0.717, 1.165) is 28.2 Å². The number of ether oxygens (including phenoxy) is 1. The van der Waals surface area contributed by atoms with E-state index >= 15 is 0 Å². The minimum Gasteiger partial charge on any atom is -0.462 e. The molecule has 174 valence electrons. The Morgan fingerprint density at radius 3 is 2.51 bits per heavy atom. The van der Waals surface area contributed by atoms with Crippen molar-refractivity contribution in [2.75, 3.05) is 17.2 Å². The lowest BCUT2D eigenvalue weighted by atomic mass is 9.99. The van der Waals surface area contributed by atoms with Crippen LogP contribution in [0.25, 0.3) is 11.3 Å². The van der Waals surface area contributed by atoms with Crippen LogP contribution >= 0.6 is 0 Å². The number of hydrogen-bond donors (Lipinski definition) is 3. The molecule has 5 rings (SSSR count). The average molecular weight is 465 g/mol. The highest BCUT2D eigenvalue weighted by Gasteiger charge is 2.29. The molecule has 7 nitrogen and oxygen atoms in total. The van der Waals surface area contributed by atoms with Crippen molar-refractivity contribution in [2.45, 2.75) is 13.3 Å². The van der Waals surface area contributed by atoms with Gasteiger partial charge in [-0.3, -0.25) is 4.79 Å². The number of H-pyrrole nitrogens is 1. The summed E-state index contributed by atoms with van der Waals surface area (Å²) >= 11 is 0. The lowest BCUT2D eigenvalue weighted by Crippen LogP contribution is -2.10. The number of nitrogens with one attached hydrogen (secondary N) is 3. The Morgan fingerprint density at radius 2 is 1.80 bits per heavy atom. The average Bonchev–Trinajstić information content (AvgIpc) is 3.50. The van der Waals surface area contributed by atoms with E-state index in [2.05, 4.69) is 20.6 Å². The Hall–Kier alpha value is -4.65. The van der Waals surface area contributed by atoms with Gasteiger partial charge >= 0.3 is 5.97 Å². The molecule has 1 aromatic heterocycles. The van der Waals surface area contributed by atoms with E-state index in [1.165, 1.54) is 0 Å². The smallest absolute Gasteiger partial charge is 0.338 e. The number of aromatic nitrogens is 2. The SMILES string of the molecule is CCOC(=O)c1ccc2c(c1)NC(=O)C2=C(Nc1ccc(Cc2ncc[nH]2)cc1)c1ccccc1. The van der Waals surface area contributed by atoms with Crippen molar-refractivity contribution in [2.24, 2.45) is 0 Å². The Labute approximate surface area is 202 Å². The maximum absolute atomic E-state index is 13.1. The second-order valence-electron chi connectivity index (χ2n) is 8.09. The maximum Gasteiger partial charge on any atom is 0.338 e. The van der Waals surface area contributed by atoms with E-state index < -0.39 is 5.97 Å². The molecule has 1 aliphatic rings. The van der Waals surface area contributed by atoms with Gasteiger partial charge in [0.25, 0.3) is 5.91 Å². The molecule has 3 aromatic carbocycles. The fourth-order valence-corrected chi connectivity index (χ4v) is 4.08. The van der Waals surface area contributed by atoms with Crippen LogP contribution in [0, 0.1) is 0 Å². The fraction of sp³-hybridized carbons (Fsp3) is 0.107. The number of carbonyl (C=O) groups excluding carboxylic acids is 2. The molecule has 7 heteroatoms. The zero-order chi connectivity index (χ0) is 24.2. The van der Waals surface area contributed by atoms with Crippen LogP contribution in [0.15, 0.2) is 85.2 Å².